The third-order valence-corrected chi connectivity index (χ3v) is 5.75. The van der Waals surface area contributed by atoms with Gasteiger partial charge in [-0.3, -0.25) is 4.79 Å². The minimum Gasteiger partial charge on any atom is -0.598 e. The summed E-state index contributed by atoms with van der Waals surface area (Å²) in [6.45, 7) is 4.37. The number of hydrogen-bond donors (Lipinski definition) is 2. The molecule has 1 aromatic carbocycles. The Morgan fingerprint density at radius 2 is 2.17 bits per heavy atom. The van der Waals surface area contributed by atoms with Crippen LogP contribution in [0.4, 0.5) is 8.78 Å². The number of carbonyl (C=O) groups is 1. The van der Waals surface area contributed by atoms with E-state index in [0.717, 1.165) is 0 Å². The Morgan fingerprint density at radius 1 is 1.57 bits per heavy atom. The van der Waals surface area contributed by atoms with Gasteiger partial charge < -0.3 is 15.0 Å². The molecule has 2 rings (SSSR count). The Hall–Kier alpha value is -0.900. The average Bonchev–Trinajstić information content (AvgIpc) is 2.44. The van der Waals surface area contributed by atoms with E-state index in [1.54, 1.807) is 20.8 Å². The van der Waals surface area contributed by atoms with Crippen molar-refractivity contribution >= 4 is 33.2 Å². The van der Waals surface area contributed by atoms with Crippen LogP contribution in [-0.2, 0) is 21.7 Å². The summed E-state index contributed by atoms with van der Waals surface area (Å²) in [6.07, 6.45) is -1.92. The molecular formula is C14H17BrF2N2O3S. The molecule has 0 saturated heterocycles. The molecule has 1 amide bonds. The molecule has 23 heavy (non-hydrogen) atoms. The van der Waals surface area contributed by atoms with Crippen molar-refractivity contribution in [3.63, 3.8) is 0 Å². The van der Waals surface area contributed by atoms with Crippen molar-refractivity contribution in [1.82, 2.24) is 4.72 Å². The number of ether oxygens (including phenoxy) is 1. The molecule has 0 fully saturated rings. The van der Waals surface area contributed by atoms with Gasteiger partial charge >= 0.3 is 0 Å². The zero-order valence-electron chi connectivity index (χ0n) is 12.8. The van der Waals surface area contributed by atoms with E-state index in [1.165, 1.54) is 12.1 Å². The van der Waals surface area contributed by atoms with Crippen molar-refractivity contribution in [3.8, 4) is 5.75 Å². The summed E-state index contributed by atoms with van der Waals surface area (Å²) in [5.74, 6) is -2.15. The first-order valence-corrected chi connectivity index (χ1v) is 8.71. The van der Waals surface area contributed by atoms with E-state index < -0.39 is 46.2 Å². The molecule has 1 aliphatic heterocycles. The highest BCUT2D eigenvalue weighted by molar-refractivity contribution is 9.10. The van der Waals surface area contributed by atoms with Gasteiger partial charge in [-0.15, -0.1) is 4.72 Å². The first-order chi connectivity index (χ1) is 10.5. The van der Waals surface area contributed by atoms with Gasteiger partial charge in [-0.2, -0.15) is 0 Å². The van der Waals surface area contributed by atoms with Gasteiger partial charge in [-0.1, -0.05) is 6.07 Å². The first-order valence-electron chi connectivity index (χ1n) is 6.76. The van der Waals surface area contributed by atoms with Gasteiger partial charge in [-0.25, -0.2) is 8.78 Å². The molecule has 1 unspecified atom stereocenters. The van der Waals surface area contributed by atoms with Crippen molar-refractivity contribution < 1.29 is 22.9 Å². The van der Waals surface area contributed by atoms with E-state index in [2.05, 4.69) is 20.7 Å². The predicted molar refractivity (Wildman–Crippen MR) is 86.4 cm³/mol. The fraction of sp³-hybridized carbons (Fsp3) is 0.500. The molecule has 3 atom stereocenters. The number of nitrogens with two attached hydrogens (primary N) is 1. The summed E-state index contributed by atoms with van der Waals surface area (Å²) in [7, 11) is 0. The number of carbonyl (C=O) groups excluding carboxylic acids is 1. The normalized spacial score (nSPS) is 25.4. The lowest BCUT2D eigenvalue weighted by atomic mass is 9.83. The fourth-order valence-electron chi connectivity index (χ4n) is 2.19. The molecule has 0 bridgehead atoms. The molecule has 128 valence electrons. The molecule has 3 N–H and O–H groups in total. The second kappa shape index (κ2) is 6.19. The quantitative estimate of drug-likeness (QED) is 0.746. The number of fused-ring (bicyclic) bond motifs is 1. The third kappa shape index (κ3) is 3.07. The van der Waals surface area contributed by atoms with Gasteiger partial charge in [-0.05, 0) is 42.8 Å². The van der Waals surface area contributed by atoms with E-state index in [0.29, 0.717) is 0 Å². The van der Waals surface area contributed by atoms with Crippen LogP contribution in [0.2, 0.25) is 0 Å². The summed E-state index contributed by atoms with van der Waals surface area (Å²) >= 11 is 1.19. The van der Waals surface area contributed by atoms with E-state index in [-0.39, 0.29) is 15.8 Å². The van der Waals surface area contributed by atoms with Crippen LogP contribution >= 0.6 is 15.9 Å². The number of alkyl halides is 1. The summed E-state index contributed by atoms with van der Waals surface area (Å²) in [6, 6.07) is 2.64. The monoisotopic (exact) mass is 410 g/mol. The largest absolute Gasteiger partial charge is 0.598 e. The third-order valence-electron chi connectivity index (χ3n) is 3.52. The lowest BCUT2D eigenvalue weighted by Crippen LogP contribution is -2.65. The van der Waals surface area contributed by atoms with Crippen LogP contribution in [0, 0.1) is 5.82 Å². The Kier molecular flexibility index (Phi) is 4.97. The summed E-state index contributed by atoms with van der Waals surface area (Å²) in [5.41, 5.74) is 3.18. The molecule has 9 heteroatoms. The maximum absolute atomic E-state index is 14.7. The number of amides is 1. The Labute approximate surface area is 144 Å². The van der Waals surface area contributed by atoms with Crippen LogP contribution < -0.4 is 15.2 Å². The highest BCUT2D eigenvalue weighted by atomic mass is 79.9. The lowest BCUT2D eigenvalue weighted by molar-refractivity contribution is -0.128. The maximum atomic E-state index is 14.7. The molecule has 0 aliphatic carbocycles. The number of benzene rings is 1. The van der Waals surface area contributed by atoms with Crippen LogP contribution in [0.25, 0.3) is 0 Å². The van der Waals surface area contributed by atoms with E-state index in [1.807, 2.05) is 0 Å². The maximum Gasteiger partial charge on any atom is 0.250 e. The van der Waals surface area contributed by atoms with E-state index in [4.69, 9.17) is 10.5 Å². The molecule has 1 aromatic rings. The minimum absolute atomic E-state index is 0.101. The topological polar surface area (TPSA) is 87.4 Å². The zero-order valence-corrected chi connectivity index (χ0v) is 15.2. The van der Waals surface area contributed by atoms with Gasteiger partial charge in [0.05, 0.1) is 4.47 Å². The molecule has 5 nitrogen and oxygen atoms in total. The summed E-state index contributed by atoms with van der Waals surface area (Å²) in [5, 5.41) is 0. The Bertz CT molecular complexity index is 641. The molecule has 0 aromatic heterocycles. The highest BCUT2D eigenvalue weighted by Gasteiger charge is 2.56. The average molecular weight is 411 g/mol. The van der Waals surface area contributed by atoms with Crippen LogP contribution in [0.5, 0.6) is 5.75 Å². The number of hydrogen-bond acceptors (Lipinski definition) is 4. The first kappa shape index (κ1) is 18.4. The summed E-state index contributed by atoms with van der Waals surface area (Å²) in [4.78, 5) is 12.1. The minimum atomic E-state index is -2.13. The fourth-order valence-corrected chi connectivity index (χ4v) is 3.44. The molecule has 1 heterocycles. The van der Waals surface area contributed by atoms with E-state index in [9.17, 15) is 18.1 Å². The van der Waals surface area contributed by atoms with Crippen LogP contribution in [0.3, 0.4) is 0 Å². The number of nitrogens with one attached hydrogen (secondary N) is 1. The SMILES string of the molecule is CC(C)(C)[S+]([O-])N[C@@]1(C(N)=O)c2ccc(Br)c(F)c2OC[C@H]1F. The van der Waals surface area contributed by atoms with Gasteiger partial charge in [0, 0.05) is 16.9 Å². The predicted octanol–water partition coefficient (Wildman–Crippen LogP) is 2.05. The van der Waals surface area contributed by atoms with Gasteiger partial charge in [0.2, 0.25) is 11.4 Å². The standard InChI is InChI=1S/C14H17BrF2N2O3S/c1-13(2,3)23(21)19-14(12(18)20)7-4-5-8(15)10(17)11(7)22-6-9(14)16/h4-5,9,19H,6H2,1-3H3,(H2,18,20)/t9-,14+,23?/m1/s1. The molecule has 0 spiro atoms. The number of primary amides is 1. The van der Waals surface area contributed by atoms with Crippen molar-refractivity contribution in [2.75, 3.05) is 6.61 Å². The van der Waals surface area contributed by atoms with Crippen molar-refractivity contribution in [2.24, 2.45) is 5.73 Å². The van der Waals surface area contributed by atoms with Gasteiger partial charge in [0.15, 0.2) is 17.7 Å². The molecule has 0 radical (unpaired) electrons. The smallest absolute Gasteiger partial charge is 0.250 e. The highest BCUT2D eigenvalue weighted by Crippen LogP contribution is 2.43. The van der Waals surface area contributed by atoms with Crippen molar-refractivity contribution in [1.29, 1.82) is 0 Å². The number of rotatable bonds is 3. The summed E-state index contributed by atoms with van der Waals surface area (Å²) < 4.78 is 48.2. The van der Waals surface area contributed by atoms with Crippen molar-refractivity contribution in [3.05, 3.63) is 28.0 Å². The Balaban J connectivity index is 2.64. The molecule has 0 saturated carbocycles. The van der Waals surface area contributed by atoms with Crippen LogP contribution in [0.1, 0.15) is 26.3 Å². The Morgan fingerprint density at radius 3 is 2.70 bits per heavy atom. The second-order valence-corrected chi connectivity index (χ2v) is 8.99. The van der Waals surface area contributed by atoms with Gasteiger partial charge in [0.1, 0.15) is 11.4 Å². The number of halogens is 3. The van der Waals surface area contributed by atoms with E-state index >= 15 is 0 Å². The zero-order chi connectivity index (χ0) is 17.6. The van der Waals surface area contributed by atoms with Gasteiger partial charge in [0.25, 0.3) is 0 Å². The lowest BCUT2D eigenvalue weighted by Gasteiger charge is -2.40. The van der Waals surface area contributed by atoms with Crippen LogP contribution in [0.15, 0.2) is 16.6 Å². The second-order valence-electron chi connectivity index (χ2n) is 6.17. The molecular weight excluding hydrogens is 394 g/mol. The molecule has 1 aliphatic rings. The van der Waals surface area contributed by atoms with Crippen molar-refractivity contribution in [2.45, 2.75) is 37.2 Å². The van der Waals surface area contributed by atoms with Crippen LogP contribution in [-0.4, -0.2) is 28.0 Å².